The van der Waals surface area contributed by atoms with E-state index in [-0.39, 0.29) is 17.3 Å². The van der Waals surface area contributed by atoms with Crippen molar-refractivity contribution in [3.63, 3.8) is 0 Å². The molecule has 0 aliphatic carbocycles. The largest absolute Gasteiger partial charge is 0.507 e. The summed E-state index contributed by atoms with van der Waals surface area (Å²) in [5.41, 5.74) is 1.71. The summed E-state index contributed by atoms with van der Waals surface area (Å²) in [7, 11) is 0. The lowest BCUT2D eigenvalue weighted by atomic mass is 9.95. The first kappa shape index (κ1) is 22.7. The van der Waals surface area contributed by atoms with Crippen LogP contribution in [0.15, 0.2) is 65.6 Å². The maximum Gasteiger partial charge on any atom is 0.300 e. The highest BCUT2D eigenvalue weighted by atomic mass is 32.1. The molecule has 4 rings (SSSR count). The Hall–Kier alpha value is -3.45. The van der Waals surface area contributed by atoms with E-state index in [2.05, 4.69) is 0 Å². The van der Waals surface area contributed by atoms with Crippen LogP contribution < -0.4 is 9.64 Å². The number of hydrogen-bond donors (Lipinski definition) is 1. The number of nitrogens with zero attached hydrogens (tertiary/aromatic N) is 1. The van der Waals surface area contributed by atoms with Gasteiger partial charge in [0.05, 0.1) is 12.2 Å². The summed E-state index contributed by atoms with van der Waals surface area (Å²) < 4.78 is 19.2. The lowest BCUT2D eigenvalue weighted by Gasteiger charge is -2.24. The third-order valence-corrected chi connectivity index (χ3v) is 6.49. The second kappa shape index (κ2) is 9.19. The van der Waals surface area contributed by atoms with Gasteiger partial charge in [0.15, 0.2) is 0 Å². The number of hydrogen-bond acceptors (Lipinski definition) is 5. The van der Waals surface area contributed by atoms with Gasteiger partial charge < -0.3 is 9.84 Å². The smallest absolute Gasteiger partial charge is 0.300 e. The van der Waals surface area contributed by atoms with Crippen molar-refractivity contribution in [1.29, 1.82) is 0 Å². The van der Waals surface area contributed by atoms with E-state index in [1.165, 1.54) is 40.5 Å². The van der Waals surface area contributed by atoms with E-state index in [0.29, 0.717) is 23.6 Å². The van der Waals surface area contributed by atoms with Crippen LogP contribution in [0.2, 0.25) is 0 Å². The molecule has 1 N–H and O–H groups in total. The molecule has 3 aromatic rings. The van der Waals surface area contributed by atoms with Crippen LogP contribution in [0.1, 0.15) is 48.7 Å². The lowest BCUT2D eigenvalue weighted by molar-refractivity contribution is -0.132. The van der Waals surface area contributed by atoms with Gasteiger partial charge in [-0.05, 0) is 72.3 Å². The van der Waals surface area contributed by atoms with Gasteiger partial charge in [-0.15, -0.1) is 11.3 Å². The number of halogens is 1. The molecule has 33 heavy (non-hydrogen) atoms. The van der Waals surface area contributed by atoms with Crippen molar-refractivity contribution in [1.82, 2.24) is 0 Å². The predicted molar refractivity (Wildman–Crippen MR) is 127 cm³/mol. The van der Waals surface area contributed by atoms with Crippen molar-refractivity contribution in [3.05, 3.63) is 87.4 Å². The van der Waals surface area contributed by atoms with Crippen LogP contribution in [0.4, 0.5) is 10.1 Å². The zero-order valence-electron chi connectivity index (χ0n) is 18.5. The molecule has 2 heterocycles. The zero-order valence-corrected chi connectivity index (χ0v) is 19.4. The molecule has 2 aromatic carbocycles. The molecule has 1 fully saturated rings. The van der Waals surface area contributed by atoms with E-state index in [1.807, 2.05) is 38.3 Å². The third kappa shape index (κ3) is 4.16. The van der Waals surface area contributed by atoms with Crippen molar-refractivity contribution >= 4 is 34.5 Å². The molecule has 1 aliphatic rings. The fourth-order valence-electron chi connectivity index (χ4n) is 4.01. The highest BCUT2D eigenvalue weighted by Crippen LogP contribution is 2.44. The number of aliphatic hydroxyl groups excluding tert-OH is 1. The van der Waals surface area contributed by atoms with Gasteiger partial charge >= 0.3 is 0 Å². The lowest BCUT2D eigenvalue weighted by Crippen LogP contribution is -2.29. The van der Waals surface area contributed by atoms with Gasteiger partial charge in [-0.2, -0.15) is 0 Å². The Morgan fingerprint density at radius 1 is 1.15 bits per heavy atom. The maximum absolute atomic E-state index is 13.5. The van der Waals surface area contributed by atoms with Gasteiger partial charge in [-0.3, -0.25) is 14.5 Å². The molecule has 5 nitrogen and oxygen atoms in total. The Balaban J connectivity index is 1.89. The summed E-state index contributed by atoms with van der Waals surface area (Å²) in [5.74, 6) is -1.41. The molecule has 0 saturated carbocycles. The summed E-state index contributed by atoms with van der Waals surface area (Å²) in [5, 5.41) is 13.1. The van der Waals surface area contributed by atoms with Crippen molar-refractivity contribution in [2.75, 3.05) is 11.5 Å². The van der Waals surface area contributed by atoms with Crippen LogP contribution in [-0.2, 0) is 9.59 Å². The molecule has 1 aromatic heterocycles. The van der Waals surface area contributed by atoms with Crippen molar-refractivity contribution < 1.29 is 23.8 Å². The van der Waals surface area contributed by atoms with Gasteiger partial charge in [-0.25, -0.2) is 4.39 Å². The van der Waals surface area contributed by atoms with Gasteiger partial charge in [0.1, 0.15) is 23.4 Å². The molecule has 170 valence electrons. The second-order valence-electron chi connectivity index (χ2n) is 8.00. The van der Waals surface area contributed by atoms with Crippen LogP contribution in [-0.4, -0.2) is 23.4 Å². The summed E-state index contributed by atoms with van der Waals surface area (Å²) in [4.78, 5) is 28.3. The number of amides is 1. The number of aliphatic hydroxyl groups is 1. The van der Waals surface area contributed by atoms with Crippen molar-refractivity contribution in [2.45, 2.75) is 32.7 Å². The Morgan fingerprint density at radius 2 is 1.88 bits per heavy atom. The number of thiophene rings is 1. The fourth-order valence-corrected chi connectivity index (χ4v) is 4.83. The normalized spacial score (nSPS) is 17.7. The molecule has 7 heteroatoms. The molecular formula is C26H24FNO4S. The molecule has 1 aliphatic heterocycles. The minimum atomic E-state index is -0.815. The van der Waals surface area contributed by atoms with E-state index in [4.69, 9.17) is 4.74 Å². The van der Waals surface area contributed by atoms with E-state index in [9.17, 15) is 19.1 Å². The van der Waals surface area contributed by atoms with Gasteiger partial charge in [0.2, 0.25) is 0 Å². The second-order valence-corrected chi connectivity index (χ2v) is 8.98. The number of benzene rings is 2. The van der Waals surface area contributed by atoms with Gasteiger partial charge in [-0.1, -0.05) is 19.9 Å². The first-order valence-electron chi connectivity index (χ1n) is 10.7. The van der Waals surface area contributed by atoms with Gasteiger partial charge in [0.25, 0.3) is 11.7 Å². The number of carbonyl (C=O) groups excluding carboxylic acids is 2. The minimum absolute atomic E-state index is 0.00522. The van der Waals surface area contributed by atoms with Crippen LogP contribution in [0.5, 0.6) is 5.75 Å². The molecule has 0 radical (unpaired) electrons. The van der Waals surface area contributed by atoms with Crippen LogP contribution in [0.25, 0.3) is 5.76 Å². The van der Waals surface area contributed by atoms with Crippen molar-refractivity contribution in [3.8, 4) is 5.75 Å². The van der Waals surface area contributed by atoms with Crippen LogP contribution >= 0.6 is 11.3 Å². The summed E-state index contributed by atoms with van der Waals surface area (Å²) in [6, 6.07) is 13.4. The first-order chi connectivity index (χ1) is 15.8. The average Bonchev–Trinajstić information content (AvgIpc) is 3.41. The maximum atomic E-state index is 13.5. The fraction of sp³-hybridized carbons (Fsp3) is 0.231. The summed E-state index contributed by atoms with van der Waals surface area (Å²) in [6.45, 7) is 6.43. The Morgan fingerprint density at radius 3 is 2.48 bits per heavy atom. The first-order valence-corrected chi connectivity index (χ1v) is 11.6. The van der Waals surface area contributed by atoms with Crippen LogP contribution in [0.3, 0.4) is 0 Å². The highest BCUT2D eigenvalue weighted by molar-refractivity contribution is 7.10. The molecule has 1 atom stereocenters. The summed E-state index contributed by atoms with van der Waals surface area (Å²) >= 11 is 1.37. The van der Waals surface area contributed by atoms with Crippen molar-refractivity contribution in [2.24, 2.45) is 0 Å². The average molecular weight is 466 g/mol. The number of Topliss-reactive ketones (excluding diaryl/α,β-unsaturated/α-hetero) is 1. The Bertz CT molecular complexity index is 1220. The molecule has 1 amide bonds. The molecule has 1 saturated heterocycles. The third-order valence-electron chi connectivity index (χ3n) is 5.57. The summed E-state index contributed by atoms with van der Waals surface area (Å²) in [6.07, 6.45) is 0. The van der Waals surface area contributed by atoms with E-state index in [1.54, 1.807) is 18.2 Å². The highest BCUT2D eigenvalue weighted by Gasteiger charge is 2.47. The quantitative estimate of drug-likeness (QED) is 0.274. The minimum Gasteiger partial charge on any atom is -0.507 e. The predicted octanol–water partition coefficient (Wildman–Crippen LogP) is 6.04. The SMILES string of the molecule is CCOc1ccc(/C(O)=C2/C(=O)C(=O)N(c3ccc(F)cc3)C2c2cccs2)cc1C(C)C. The van der Waals surface area contributed by atoms with E-state index >= 15 is 0 Å². The number of carbonyl (C=O) groups is 2. The molecule has 0 spiro atoms. The van der Waals surface area contributed by atoms with E-state index in [0.717, 1.165) is 10.4 Å². The molecule has 0 bridgehead atoms. The number of rotatable bonds is 6. The molecular weight excluding hydrogens is 441 g/mol. The topological polar surface area (TPSA) is 66.8 Å². The number of anilines is 1. The zero-order chi connectivity index (χ0) is 23.7. The molecule has 1 unspecified atom stereocenters. The number of ether oxygens (including phenoxy) is 1. The monoisotopic (exact) mass is 465 g/mol. The standard InChI is InChI=1S/C26H24FNO4S/c1-4-32-20-12-7-16(14-19(20)15(2)3)24(29)22-23(21-6-5-13-33-21)28(26(31)25(22)30)18-10-8-17(27)9-11-18/h5-15,23,29H,4H2,1-3H3/b24-22-. The Kier molecular flexibility index (Phi) is 6.33. The van der Waals surface area contributed by atoms with E-state index < -0.39 is 23.5 Å². The van der Waals surface area contributed by atoms with Crippen LogP contribution in [0, 0.1) is 5.82 Å². The number of ketones is 1. The Labute approximate surface area is 195 Å². The van der Waals surface area contributed by atoms with Gasteiger partial charge in [0, 0.05) is 16.1 Å².